The second-order valence-corrected chi connectivity index (χ2v) is 3.54. The van der Waals surface area contributed by atoms with Crippen molar-refractivity contribution in [2.45, 2.75) is 6.92 Å². The Kier molecular flexibility index (Phi) is 3.92. The Bertz CT molecular complexity index is 356. The van der Waals surface area contributed by atoms with Crippen LogP contribution in [0.5, 0.6) is 0 Å². The Morgan fingerprint density at radius 3 is 2.93 bits per heavy atom. The minimum absolute atomic E-state index is 0.00930. The predicted molar refractivity (Wildman–Crippen MR) is 61.8 cm³/mol. The first-order valence-corrected chi connectivity index (χ1v) is 4.93. The van der Waals surface area contributed by atoms with Crippen LogP contribution in [-0.2, 0) is 0 Å². The third-order valence-corrected chi connectivity index (χ3v) is 2.15. The Balaban J connectivity index is 2.73. The fourth-order valence-electron chi connectivity index (χ4n) is 1.32. The zero-order valence-corrected chi connectivity index (χ0v) is 9.36. The molecule has 0 bridgehead atoms. The van der Waals surface area contributed by atoms with Crippen LogP contribution < -0.4 is 10.2 Å². The molecule has 0 aliphatic carbocycles. The summed E-state index contributed by atoms with van der Waals surface area (Å²) in [5, 5.41) is 11.7. The zero-order chi connectivity index (χ0) is 11.3. The van der Waals surface area contributed by atoms with E-state index in [1.807, 2.05) is 44.1 Å². The highest BCUT2D eigenvalue weighted by Gasteiger charge is 2.07. The Morgan fingerprint density at radius 2 is 2.33 bits per heavy atom. The lowest BCUT2D eigenvalue weighted by Gasteiger charge is -2.19. The highest BCUT2D eigenvalue weighted by Crippen LogP contribution is 2.13. The van der Waals surface area contributed by atoms with Crippen LogP contribution in [-0.4, -0.2) is 25.6 Å². The second-order valence-electron chi connectivity index (χ2n) is 3.54. The summed E-state index contributed by atoms with van der Waals surface area (Å²) in [4.78, 5) is 6.36. The summed E-state index contributed by atoms with van der Waals surface area (Å²) in [6.07, 6.45) is 0. The van der Waals surface area contributed by atoms with Gasteiger partial charge in [0.25, 0.3) is 0 Å². The van der Waals surface area contributed by atoms with Crippen molar-refractivity contribution < 1.29 is 0 Å². The molecule has 0 saturated heterocycles. The van der Waals surface area contributed by atoms with Gasteiger partial charge in [-0.15, -0.1) is 0 Å². The molecule has 80 valence electrons. The quantitative estimate of drug-likeness (QED) is 0.811. The number of hydrogen-bond acceptors (Lipinski definition) is 4. The Hall–Kier alpha value is -1.76. The first kappa shape index (κ1) is 11.3. The summed E-state index contributed by atoms with van der Waals surface area (Å²) in [6, 6.07) is 8.00. The molecule has 1 heterocycles. The van der Waals surface area contributed by atoms with Crippen LogP contribution in [0.4, 0.5) is 11.6 Å². The molecule has 0 spiro atoms. The summed E-state index contributed by atoms with van der Waals surface area (Å²) in [6.45, 7) is 2.59. The number of rotatable bonds is 4. The number of pyridine rings is 1. The standard InChI is InChI=1S/C11H16N4/c1-9(7-12)8-15(3)11-6-4-5-10(13-2)14-11/h4-6,9H,8H2,1-3H3,(H,13,14). The van der Waals surface area contributed by atoms with E-state index in [4.69, 9.17) is 5.26 Å². The van der Waals surface area contributed by atoms with Crippen molar-refractivity contribution in [3.8, 4) is 6.07 Å². The van der Waals surface area contributed by atoms with E-state index < -0.39 is 0 Å². The van der Waals surface area contributed by atoms with Crippen molar-refractivity contribution in [3.05, 3.63) is 18.2 Å². The van der Waals surface area contributed by atoms with Gasteiger partial charge in [0.15, 0.2) is 0 Å². The van der Waals surface area contributed by atoms with Gasteiger partial charge in [0.1, 0.15) is 11.6 Å². The average molecular weight is 204 g/mol. The third kappa shape index (κ3) is 3.13. The lowest BCUT2D eigenvalue weighted by molar-refractivity contribution is 0.710. The van der Waals surface area contributed by atoms with Crippen molar-refractivity contribution in [3.63, 3.8) is 0 Å². The molecule has 1 unspecified atom stereocenters. The molecule has 1 atom stereocenters. The van der Waals surface area contributed by atoms with Crippen molar-refractivity contribution in [1.82, 2.24) is 4.98 Å². The molecule has 4 heteroatoms. The van der Waals surface area contributed by atoms with Crippen LogP contribution in [0.1, 0.15) is 6.92 Å². The molecule has 0 radical (unpaired) electrons. The highest BCUT2D eigenvalue weighted by molar-refractivity contribution is 5.46. The molecule has 1 aromatic heterocycles. The SMILES string of the molecule is CNc1cccc(N(C)CC(C)C#N)n1. The molecular formula is C11H16N4. The van der Waals surface area contributed by atoms with Crippen LogP contribution in [0.25, 0.3) is 0 Å². The lowest BCUT2D eigenvalue weighted by atomic mass is 10.2. The van der Waals surface area contributed by atoms with Crippen LogP contribution in [0.15, 0.2) is 18.2 Å². The maximum absolute atomic E-state index is 8.72. The smallest absolute Gasteiger partial charge is 0.130 e. The van der Waals surface area contributed by atoms with Crippen molar-refractivity contribution in [2.24, 2.45) is 5.92 Å². The van der Waals surface area contributed by atoms with Gasteiger partial charge < -0.3 is 10.2 Å². The van der Waals surface area contributed by atoms with Gasteiger partial charge in [-0.1, -0.05) is 6.07 Å². The van der Waals surface area contributed by atoms with Gasteiger partial charge in [-0.05, 0) is 19.1 Å². The highest BCUT2D eigenvalue weighted by atomic mass is 15.2. The number of anilines is 2. The molecule has 0 saturated carbocycles. The third-order valence-electron chi connectivity index (χ3n) is 2.15. The maximum atomic E-state index is 8.72. The van der Waals surface area contributed by atoms with E-state index in [0.29, 0.717) is 6.54 Å². The summed E-state index contributed by atoms with van der Waals surface area (Å²) in [5.74, 6) is 1.72. The first-order chi connectivity index (χ1) is 7.17. The van der Waals surface area contributed by atoms with Crippen LogP contribution in [0, 0.1) is 17.2 Å². The number of nitriles is 1. The zero-order valence-electron chi connectivity index (χ0n) is 9.36. The van der Waals surface area contributed by atoms with E-state index in [1.165, 1.54) is 0 Å². The van der Waals surface area contributed by atoms with Gasteiger partial charge in [-0.2, -0.15) is 5.26 Å². The molecule has 0 amide bonds. The van der Waals surface area contributed by atoms with Crippen LogP contribution in [0.3, 0.4) is 0 Å². The van der Waals surface area contributed by atoms with E-state index >= 15 is 0 Å². The van der Waals surface area contributed by atoms with E-state index in [9.17, 15) is 0 Å². The van der Waals surface area contributed by atoms with E-state index in [2.05, 4.69) is 16.4 Å². The van der Waals surface area contributed by atoms with Gasteiger partial charge in [-0.3, -0.25) is 0 Å². The predicted octanol–water partition coefficient (Wildman–Crippen LogP) is 1.72. The lowest BCUT2D eigenvalue weighted by Crippen LogP contribution is -2.24. The molecule has 1 rings (SSSR count). The molecule has 15 heavy (non-hydrogen) atoms. The Labute approximate surface area is 90.5 Å². The molecule has 1 aromatic rings. The van der Waals surface area contributed by atoms with Crippen molar-refractivity contribution in [1.29, 1.82) is 5.26 Å². The molecule has 4 nitrogen and oxygen atoms in total. The molecular weight excluding hydrogens is 188 g/mol. The summed E-state index contributed by atoms with van der Waals surface area (Å²) in [5.41, 5.74) is 0. The molecule has 0 aromatic carbocycles. The van der Waals surface area contributed by atoms with E-state index in [0.717, 1.165) is 11.6 Å². The van der Waals surface area contributed by atoms with Gasteiger partial charge in [0.2, 0.25) is 0 Å². The number of nitrogens with one attached hydrogen (secondary N) is 1. The normalized spacial score (nSPS) is 11.6. The van der Waals surface area contributed by atoms with Gasteiger partial charge in [0.05, 0.1) is 12.0 Å². The van der Waals surface area contributed by atoms with Crippen molar-refractivity contribution >= 4 is 11.6 Å². The number of aromatic nitrogens is 1. The van der Waals surface area contributed by atoms with Crippen molar-refractivity contribution in [2.75, 3.05) is 30.9 Å². The van der Waals surface area contributed by atoms with E-state index in [1.54, 1.807) is 0 Å². The average Bonchev–Trinajstić information content (AvgIpc) is 2.28. The molecule has 0 fully saturated rings. The van der Waals surface area contributed by atoms with Crippen LogP contribution >= 0.6 is 0 Å². The fourth-order valence-corrected chi connectivity index (χ4v) is 1.32. The number of hydrogen-bond donors (Lipinski definition) is 1. The van der Waals surface area contributed by atoms with Crippen LogP contribution in [0.2, 0.25) is 0 Å². The fraction of sp³-hybridized carbons (Fsp3) is 0.455. The number of nitrogens with zero attached hydrogens (tertiary/aromatic N) is 3. The van der Waals surface area contributed by atoms with E-state index in [-0.39, 0.29) is 5.92 Å². The minimum Gasteiger partial charge on any atom is -0.373 e. The summed E-state index contributed by atoms with van der Waals surface area (Å²) in [7, 11) is 3.78. The second kappa shape index (κ2) is 5.20. The Morgan fingerprint density at radius 1 is 1.60 bits per heavy atom. The monoisotopic (exact) mass is 204 g/mol. The van der Waals surface area contributed by atoms with Gasteiger partial charge in [-0.25, -0.2) is 4.98 Å². The maximum Gasteiger partial charge on any atom is 0.130 e. The summed E-state index contributed by atoms with van der Waals surface area (Å²) < 4.78 is 0. The largest absolute Gasteiger partial charge is 0.373 e. The molecule has 0 aliphatic rings. The molecule has 0 aliphatic heterocycles. The van der Waals surface area contributed by atoms with Gasteiger partial charge in [0, 0.05) is 20.6 Å². The summed E-state index contributed by atoms with van der Waals surface area (Å²) >= 11 is 0. The van der Waals surface area contributed by atoms with Gasteiger partial charge >= 0.3 is 0 Å². The minimum atomic E-state index is 0.00930. The molecule has 1 N–H and O–H groups in total. The first-order valence-electron chi connectivity index (χ1n) is 4.93. The topological polar surface area (TPSA) is 52.0 Å².